The van der Waals surface area contributed by atoms with E-state index in [-0.39, 0.29) is 5.41 Å². The van der Waals surface area contributed by atoms with Gasteiger partial charge in [0, 0.05) is 18.4 Å². The molecule has 1 aliphatic heterocycles. The highest BCUT2D eigenvalue weighted by Crippen LogP contribution is 2.46. The average molecular weight is 333 g/mol. The fourth-order valence-electron chi connectivity index (χ4n) is 3.70. The van der Waals surface area contributed by atoms with E-state index in [0.717, 1.165) is 42.0 Å². The van der Waals surface area contributed by atoms with Gasteiger partial charge in [0.1, 0.15) is 5.76 Å². The van der Waals surface area contributed by atoms with Gasteiger partial charge in [0.2, 0.25) is 0 Å². The molecule has 1 saturated heterocycles. The molecule has 4 rings (SSSR count). The highest BCUT2D eigenvalue weighted by Gasteiger charge is 2.49. The Labute approximate surface area is 138 Å². The lowest BCUT2D eigenvalue weighted by molar-refractivity contribution is -0.0753. The molecule has 122 valence electrons. The van der Waals surface area contributed by atoms with Gasteiger partial charge < -0.3 is 14.4 Å². The van der Waals surface area contributed by atoms with Gasteiger partial charge in [-0.25, -0.2) is 9.97 Å². The van der Waals surface area contributed by atoms with Crippen molar-refractivity contribution in [2.24, 2.45) is 0 Å². The van der Waals surface area contributed by atoms with E-state index in [9.17, 15) is 5.11 Å². The van der Waals surface area contributed by atoms with E-state index in [4.69, 9.17) is 9.26 Å². The lowest BCUT2D eigenvalue weighted by Crippen LogP contribution is -2.48. The van der Waals surface area contributed by atoms with Crippen LogP contribution in [0.1, 0.15) is 30.6 Å². The van der Waals surface area contributed by atoms with Crippen molar-refractivity contribution in [1.29, 1.82) is 0 Å². The maximum atomic E-state index is 10.5. The first-order valence-corrected chi connectivity index (χ1v) is 9.09. The summed E-state index contributed by atoms with van der Waals surface area (Å²) in [6, 6.07) is 1.88. The van der Waals surface area contributed by atoms with Crippen LogP contribution in [0.3, 0.4) is 0 Å². The number of ether oxygens (including phenoxy) is 1. The van der Waals surface area contributed by atoms with Gasteiger partial charge in [-0.15, -0.1) is 11.8 Å². The number of aliphatic hydroxyl groups is 1. The molecule has 1 spiro atoms. The number of hydrogen-bond acceptors (Lipinski definition) is 7. The van der Waals surface area contributed by atoms with Crippen molar-refractivity contribution >= 4 is 11.8 Å². The minimum absolute atomic E-state index is 0.355. The Morgan fingerprint density at radius 3 is 3.13 bits per heavy atom. The summed E-state index contributed by atoms with van der Waals surface area (Å²) in [5.74, 6) is 1.41. The molecule has 0 aromatic carbocycles. The van der Waals surface area contributed by atoms with Gasteiger partial charge in [0.05, 0.1) is 23.2 Å². The normalized spacial score (nSPS) is 27.1. The Hall–Kier alpha value is -1.44. The molecule has 0 radical (unpaired) electrons. The monoisotopic (exact) mass is 333 g/mol. The predicted octanol–water partition coefficient (Wildman–Crippen LogP) is 2.21. The minimum atomic E-state index is -0.547. The molecule has 2 aliphatic rings. The van der Waals surface area contributed by atoms with Gasteiger partial charge in [0.15, 0.2) is 11.5 Å². The second-order valence-corrected chi connectivity index (χ2v) is 6.94. The summed E-state index contributed by atoms with van der Waals surface area (Å²) in [6.45, 7) is 0.999. The first-order chi connectivity index (χ1) is 11.2. The quantitative estimate of drug-likeness (QED) is 0.666. The van der Waals surface area contributed by atoms with Crippen LogP contribution in [0, 0.1) is 0 Å². The molecular weight excluding hydrogens is 314 g/mol. The smallest absolute Gasteiger partial charge is 0.183 e. The highest BCUT2D eigenvalue weighted by molar-refractivity contribution is 7.98. The Bertz CT molecular complexity index is 720. The van der Waals surface area contributed by atoms with Crippen molar-refractivity contribution in [2.75, 3.05) is 19.5 Å². The van der Waals surface area contributed by atoms with Crippen LogP contribution in [-0.4, -0.2) is 45.8 Å². The zero-order valence-electron chi connectivity index (χ0n) is 13.0. The molecule has 0 amide bonds. The van der Waals surface area contributed by atoms with Gasteiger partial charge in [0.25, 0.3) is 0 Å². The number of aliphatic hydroxyl groups excluding tert-OH is 1. The molecule has 0 bridgehead atoms. The van der Waals surface area contributed by atoms with Crippen molar-refractivity contribution in [2.45, 2.75) is 42.2 Å². The van der Waals surface area contributed by atoms with Crippen molar-refractivity contribution in [3.8, 4) is 11.5 Å². The SMILES string of the molecule is CSc1ccnc(-c2noc3c2CCCC32CCOCC2O)n1. The van der Waals surface area contributed by atoms with Crippen LogP contribution in [-0.2, 0) is 16.6 Å². The molecule has 1 N–H and O–H groups in total. The molecule has 0 saturated carbocycles. The molecule has 2 aromatic rings. The molecular formula is C16H19N3O3S. The Morgan fingerprint density at radius 2 is 2.30 bits per heavy atom. The fraction of sp³-hybridized carbons (Fsp3) is 0.562. The molecule has 1 aliphatic carbocycles. The summed E-state index contributed by atoms with van der Waals surface area (Å²) in [5.41, 5.74) is 1.40. The Morgan fingerprint density at radius 1 is 1.39 bits per heavy atom. The molecule has 2 unspecified atom stereocenters. The molecule has 3 heterocycles. The van der Waals surface area contributed by atoms with E-state index in [1.54, 1.807) is 18.0 Å². The molecule has 1 fully saturated rings. The van der Waals surface area contributed by atoms with Crippen LogP contribution < -0.4 is 0 Å². The maximum Gasteiger partial charge on any atom is 0.183 e. The molecule has 2 aromatic heterocycles. The first kappa shape index (κ1) is 15.1. The van der Waals surface area contributed by atoms with E-state index in [2.05, 4.69) is 15.1 Å². The van der Waals surface area contributed by atoms with Crippen LogP contribution in [0.15, 0.2) is 21.8 Å². The number of rotatable bonds is 2. The lowest BCUT2D eigenvalue weighted by Gasteiger charge is -2.42. The van der Waals surface area contributed by atoms with Crippen LogP contribution in [0.2, 0.25) is 0 Å². The number of fused-ring (bicyclic) bond motifs is 2. The van der Waals surface area contributed by atoms with E-state index in [1.165, 1.54) is 0 Å². The lowest BCUT2D eigenvalue weighted by atomic mass is 9.67. The average Bonchev–Trinajstić information content (AvgIpc) is 3.03. The first-order valence-electron chi connectivity index (χ1n) is 7.87. The van der Waals surface area contributed by atoms with E-state index in [1.807, 2.05) is 12.3 Å². The van der Waals surface area contributed by atoms with E-state index in [0.29, 0.717) is 24.7 Å². The number of hydrogen-bond donors (Lipinski definition) is 1. The predicted molar refractivity (Wildman–Crippen MR) is 85.4 cm³/mol. The van der Waals surface area contributed by atoms with E-state index >= 15 is 0 Å². The largest absolute Gasteiger partial charge is 0.390 e. The summed E-state index contributed by atoms with van der Waals surface area (Å²) < 4.78 is 11.1. The van der Waals surface area contributed by atoms with Crippen molar-refractivity contribution in [3.63, 3.8) is 0 Å². The van der Waals surface area contributed by atoms with Gasteiger partial charge in [-0.05, 0) is 38.0 Å². The highest BCUT2D eigenvalue weighted by atomic mass is 32.2. The van der Waals surface area contributed by atoms with E-state index < -0.39 is 6.10 Å². The van der Waals surface area contributed by atoms with Crippen LogP contribution in [0.4, 0.5) is 0 Å². The standard InChI is InChI=1S/C16H19N3O3S/c1-23-12-4-7-17-15(18-12)13-10-3-2-5-16(14(10)22-19-13)6-8-21-9-11(16)20/h4,7,11,20H,2-3,5-6,8-9H2,1H3. The number of thioether (sulfide) groups is 1. The third kappa shape index (κ3) is 2.38. The van der Waals surface area contributed by atoms with Crippen LogP contribution in [0.25, 0.3) is 11.5 Å². The number of nitrogens with zero attached hydrogens (tertiary/aromatic N) is 3. The van der Waals surface area contributed by atoms with Gasteiger partial charge in [-0.3, -0.25) is 0 Å². The minimum Gasteiger partial charge on any atom is -0.390 e. The summed E-state index contributed by atoms with van der Waals surface area (Å²) >= 11 is 1.57. The molecule has 23 heavy (non-hydrogen) atoms. The maximum absolute atomic E-state index is 10.5. The molecule has 7 heteroatoms. The topological polar surface area (TPSA) is 81.3 Å². The molecule has 6 nitrogen and oxygen atoms in total. The van der Waals surface area contributed by atoms with Crippen molar-refractivity contribution < 1.29 is 14.4 Å². The third-order valence-corrected chi connectivity index (χ3v) is 5.59. The van der Waals surface area contributed by atoms with Crippen LogP contribution in [0.5, 0.6) is 0 Å². The Balaban J connectivity index is 1.80. The second-order valence-electron chi connectivity index (χ2n) is 6.11. The summed E-state index contributed by atoms with van der Waals surface area (Å²) in [7, 11) is 0. The Kier molecular flexibility index (Phi) is 3.87. The van der Waals surface area contributed by atoms with Crippen molar-refractivity contribution in [3.05, 3.63) is 23.6 Å². The zero-order valence-corrected chi connectivity index (χ0v) is 13.8. The van der Waals surface area contributed by atoms with Crippen molar-refractivity contribution in [1.82, 2.24) is 15.1 Å². The van der Waals surface area contributed by atoms with Gasteiger partial charge in [-0.2, -0.15) is 0 Å². The summed E-state index contributed by atoms with van der Waals surface area (Å²) in [6.07, 6.45) is 6.74. The second kappa shape index (κ2) is 5.89. The van der Waals surface area contributed by atoms with Gasteiger partial charge >= 0.3 is 0 Å². The summed E-state index contributed by atoms with van der Waals surface area (Å²) in [5, 5.41) is 15.7. The number of aromatic nitrogens is 3. The molecule has 2 atom stereocenters. The fourth-order valence-corrected chi connectivity index (χ4v) is 4.08. The summed E-state index contributed by atoms with van der Waals surface area (Å²) in [4.78, 5) is 8.89. The third-order valence-electron chi connectivity index (χ3n) is 4.95. The zero-order chi connectivity index (χ0) is 15.9. The van der Waals surface area contributed by atoms with Gasteiger partial charge in [-0.1, -0.05) is 5.16 Å². The van der Waals surface area contributed by atoms with Crippen LogP contribution >= 0.6 is 11.8 Å².